The highest BCUT2D eigenvalue weighted by atomic mass is 16.2. The third kappa shape index (κ3) is 3.39. The number of pyridine rings is 1. The molecule has 0 radical (unpaired) electrons. The number of benzene rings is 1. The van der Waals surface area contributed by atoms with Crippen molar-refractivity contribution < 1.29 is 4.79 Å². The Bertz CT molecular complexity index is 631. The molecule has 0 aliphatic heterocycles. The molecule has 0 saturated carbocycles. The lowest BCUT2D eigenvalue weighted by Gasteiger charge is -2.31. The van der Waals surface area contributed by atoms with Crippen molar-refractivity contribution >= 4 is 16.7 Å². The Morgan fingerprint density at radius 2 is 2.00 bits per heavy atom. The first kappa shape index (κ1) is 15.4. The summed E-state index contributed by atoms with van der Waals surface area (Å²) in [5.74, 6) is -0.0316. The van der Waals surface area contributed by atoms with Gasteiger partial charge in [0.05, 0.1) is 0 Å². The summed E-state index contributed by atoms with van der Waals surface area (Å²) in [6, 6.07) is 9.75. The number of nitrogens with two attached hydrogens (primary N) is 1. The molecule has 1 aromatic carbocycles. The average Bonchev–Trinajstić information content (AvgIpc) is 2.51. The van der Waals surface area contributed by atoms with Crippen LogP contribution in [0.2, 0.25) is 0 Å². The van der Waals surface area contributed by atoms with Gasteiger partial charge in [-0.1, -0.05) is 38.1 Å². The van der Waals surface area contributed by atoms with Crippen molar-refractivity contribution in [1.29, 1.82) is 0 Å². The number of rotatable bonds is 5. The second-order valence-electron chi connectivity index (χ2n) is 6.07. The zero-order chi connectivity index (χ0) is 15.5. The van der Waals surface area contributed by atoms with E-state index in [2.05, 4.69) is 18.8 Å². The van der Waals surface area contributed by atoms with Gasteiger partial charge in [0, 0.05) is 24.7 Å². The van der Waals surface area contributed by atoms with Crippen LogP contribution in [0, 0.1) is 5.41 Å². The third-order valence-corrected chi connectivity index (χ3v) is 3.72. The summed E-state index contributed by atoms with van der Waals surface area (Å²) in [7, 11) is 0. The summed E-state index contributed by atoms with van der Waals surface area (Å²) in [5.41, 5.74) is 6.20. The molecule has 0 unspecified atom stereocenters. The summed E-state index contributed by atoms with van der Waals surface area (Å²) in [4.78, 5) is 18.9. The second-order valence-corrected chi connectivity index (χ2v) is 6.07. The first-order valence-corrected chi connectivity index (χ1v) is 7.31. The van der Waals surface area contributed by atoms with Crippen LogP contribution in [0.4, 0.5) is 0 Å². The SMILES string of the molecule is CCN(CC(C)(C)CN)C(=O)c1nccc2ccccc12. The molecule has 0 atom stereocenters. The van der Waals surface area contributed by atoms with Gasteiger partial charge in [-0.25, -0.2) is 0 Å². The van der Waals surface area contributed by atoms with Gasteiger partial charge in [0.15, 0.2) is 0 Å². The molecule has 2 aromatic rings. The third-order valence-electron chi connectivity index (χ3n) is 3.72. The number of amides is 1. The van der Waals surface area contributed by atoms with Crippen molar-refractivity contribution in [2.24, 2.45) is 11.1 Å². The van der Waals surface area contributed by atoms with E-state index in [9.17, 15) is 4.79 Å². The zero-order valence-corrected chi connectivity index (χ0v) is 13.0. The molecule has 112 valence electrons. The van der Waals surface area contributed by atoms with Crippen LogP contribution in [-0.4, -0.2) is 35.4 Å². The van der Waals surface area contributed by atoms with Crippen molar-refractivity contribution in [3.05, 3.63) is 42.2 Å². The van der Waals surface area contributed by atoms with E-state index in [-0.39, 0.29) is 11.3 Å². The molecular formula is C17H23N3O. The molecule has 0 fully saturated rings. The predicted octanol–water partition coefficient (Wildman–Crippen LogP) is 2.68. The number of hydrogen-bond acceptors (Lipinski definition) is 3. The minimum Gasteiger partial charge on any atom is -0.337 e. The lowest BCUT2D eigenvalue weighted by molar-refractivity contribution is 0.0697. The van der Waals surface area contributed by atoms with Gasteiger partial charge in [0.1, 0.15) is 5.69 Å². The Morgan fingerprint density at radius 1 is 1.29 bits per heavy atom. The van der Waals surface area contributed by atoms with Gasteiger partial charge in [0.25, 0.3) is 5.91 Å². The van der Waals surface area contributed by atoms with Crippen LogP contribution in [0.15, 0.2) is 36.5 Å². The molecule has 0 saturated heterocycles. The van der Waals surface area contributed by atoms with E-state index in [4.69, 9.17) is 5.73 Å². The van der Waals surface area contributed by atoms with Crippen molar-refractivity contribution in [2.45, 2.75) is 20.8 Å². The molecule has 21 heavy (non-hydrogen) atoms. The zero-order valence-electron chi connectivity index (χ0n) is 13.0. The Labute approximate surface area is 126 Å². The van der Waals surface area contributed by atoms with Gasteiger partial charge in [-0.15, -0.1) is 0 Å². The van der Waals surface area contributed by atoms with Gasteiger partial charge in [-0.2, -0.15) is 0 Å². The fraction of sp³-hybridized carbons (Fsp3) is 0.412. The van der Waals surface area contributed by atoms with Crippen LogP contribution in [0.3, 0.4) is 0 Å². The van der Waals surface area contributed by atoms with Gasteiger partial charge in [-0.05, 0) is 30.3 Å². The normalized spacial score (nSPS) is 11.6. The van der Waals surface area contributed by atoms with Crippen LogP contribution in [0.1, 0.15) is 31.3 Å². The fourth-order valence-electron chi connectivity index (χ4n) is 2.35. The monoisotopic (exact) mass is 285 g/mol. The van der Waals surface area contributed by atoms with E-state index in [0.29, 0.717) is 25.3 Å². The second kappa shape index (κ2) is 6.22. The maximum Gasteiger partial charge on any atom is 0.273 e. The van der Waals surface area contributed by atoms with E-state index in [1.54, 1.807) is 6.20 Å². The van der Waals surface area contributed by atoms with Crippen molar-refractivity contribution in [2.75, 3.05) is 19.6 Å². The van der Waals surface area contributed by atoms with E-state index < -0.39 is 0 Å². The van der Waals surface area contributed by atoms with E-state index in [0.717, 1.165) is 10.8 Å². The Balaban J connectivity index is 2.36. The molecule has 1 aromatic heterocycles. The number of fused-ring (bicyclic) bond motifs is 1. The molecule has 4 nitrogen and oxygen atoms in total. The number of carbonyl (C=O) groups excluding carboxylic acids is 1. The summed E-state index contributed by atoms with van der Waals surface area (Å²) in [6.45, 7) is 7.94. The highest BCUT2D eigenvalue weighted by molar-refractivity contribution is 6.05. The van der Waals surface area contributed by atoms with Gasteiger partial charge >= 0.3 is 0 Å². The fourth-order valence-corrected chi connectivity index (χ4v) is 2.35. The lowest BCUT2D eigenvalue weighted by atomic mass is 9.93. The summed E-state index contributed by atoms with van der Waals surface area (Å²) in [5, 5.41) is 1.93. The topological polar surface area (TPSA) is 59.2 Å². The van der Waals surface area contributed by atoms with Gasteiger partial charge in [0.2, 0.25) is 0 Å². The maximum atomic E-state index is 12.8. The molecule has 2 rings (SSSR count). The van der Waals surface area contributed by atoms with Crippen LogP contribution in [-0.2, 0) is 0 Å². The quantitative estimate of drug-likeness (QED) is 0.919. The maximum absolute atomic E-state index is 12.8. The number of aromatic nitrogens is 1. The van der Waals surface area contributed by atoms with E-state index >= 15 is 0 Å². The molecular weight excluding hydrogens is 262 g/mol. The van der Waals surface area contributed by atoms with Gasteiger partial charge in [-0.3, -0.25) is 9.78 Å². The minimum absolute atomic E-state index is 0.0316. The summed E-state index contributed by atoms with van der Waals surface area (Å²) in [6.07, 6.45) is 1.69. The summed E-state index contributed by atoms with van der Waals surface area (Å²) < 4.78 is 0. The van der Waals surface area contributed by atoms with E-state index in [1.165, 1.54) is 0 Å². The average molecular weight is 285 g/mol. The van der Waals surface area contributed by atoms with Crippen molar-refractivity contribution in [3.63, 3.8) is 0 Å². The molecule has 0 aliphatic carbocycles. The minimum atomic E-state index is -0.101. The molecule has 1 amide bonds. The first-order valence-electron chi connectivity index (χ1n) is 7.31. The first-order chi connectivity index (χ1) is 9.98. The van der Waals surface area contributed by atoms with E-state index in [1.807, 2.05) is 42.2 Å². The predicted molar refractivity (Wildman–Crippen MR) is 86.2 cm³/mol. The largest absolute Gasteiger partial charge is 0.337 e. The lowest BCUT2D eigenvalue weighted by Crippen LogP contribution is -2.42. The standard InChI is InChI=1S/C17H23N3O/c1-4-20(12-17(2,3)11-18)16(21)15-14-8-6-5-7-13(14)9-10-19-15/h5-10H,4,11-12,18H2,1-3H3. The molecule has 0 aliphatic rings. The number of carbonyl (C=O) groups is 1. The molecule has 1 heterocycles. The smallest absolute Gasteiger partial charge is 0.273 e. The van der Waals surface area contributed by atoms with Crippen LogP contribution < -0.4 is 5.73 Å². The van der Waals surface area contributed by atoms with Crippen LogP contribution >= 0.6 is 0 Å². The number of nitrogens with zero attached hydrogens (tertiary/aromatic N) is 2. The Morgan fingerprint density at radius 3 is 2.67 bits per heavy atom. The highest BCUT2D eigenvalue weighted by Gasteiger charge is 2.25. The molecule has 0 bridgehead atoms. The Hall–Kier alpha value is -1.94. The van der Waals surface area contributed by atoms with Crippen LogP contribution in [0.25, 0.3) is 10.8 Å². The summed E-state index contributed by atoms with van der Waals surface area (Å²) >= 11 is 0. The molecule has 2 N–H and O–H groups in total. The molecule has 0 spiro atoms. The number of hydrogen-bond donors (Lipinski definition) is 1. The van der Waals surface area contributed by atoms with Crippen molar-refractivity contribution in [1.82, 2.24) is 9.88 Å². The Kier molecular flexibility index (Phi) is 4.58. The van der Waals surface area contributed by atoms with Crippen LogP contribution in [0.5, 0.6) is 0 Å². The molecule has 4 heteroatoms. The highest BCUT2D eigenvalue weighted by Crippen LogP contribution is 2.20. The van der Waals surface area contributed by atoms with Gasteiger partial charge < -0.3 is 10.6 Å². The van der Waals surface area contributed by atoms with Crippen molar-refractivity contribution in [3.8, 4) is 0 Å².